The highest BCUT2D eigenvalue weighted by atomic mass is 16.7. The molecule has 170 valence electrons. The van der Waals surface area contributed by atoms with Crippen LogP contribution in [0.25, 0.3) is 0 Å². The van der Waals surface area contributed by atoms with Gasteiger partial charge < -0.3 is 24.8 Å². The Hall–Kier alpha value is -3.39. The van der Waals surface area contributed by atoms with Crippen LogP contribution >= 0.6 is 0 Å². The fourth-order valence-corrected chi connectivity index (χ4v) is 3.33. The maximum atomic E-state index is 12.3. The number of hydrogen-bond acceptors (Lipinski definition) is 6. The lowest BCUT2D eigenvalue weighted by Gasteiger charge is -2.21. The number of amides is 2. The first-order chi connectivity index (χ1) is 15.5. The van der Waals surface area contributed by atoms with E-state index in [9.17, 15) is 14.4 Å². The first kappa shape index (κ1) is 23.3. The van der Waals surface area contributed by atoms with Crippen LogP contribution in [-0.4, -0.2) is 37.8 Å². The normalized spacial score (nSPS) is 13.8. The van der Waals surface area contributed by atoms with E-state index in [1.807, 2.05) is 24.3 Å². The molecular weight excluding hydrogens is 412 g/mol. The molecule has 8 nitrogen and oxygen atoms in total. The van der Waals surface area contributed by atoms with Gasteiger partial charge >= 0.3 is 6.16 Å². The molecule has 0 aliphatic carbocycles. The summed E-state index contributed by atoms with van der Waals surface area (Å²) in [5.74, 6) is 0.438. The van der Waals surface area contributed by atoms with Gasteiger partial charge in [-0.05, 0) is 67.6 Å². The standard InChI is InChI=1S/C24H28N2O6/c1-2-31-24(29)32-21-9-5-19(6-10-21)23(28)25-16-18-3-7-20(8-4-18)26-22(27)15-17-11-13-30-14-12-17/h3-10,17H,2,11-16H2,1H3,(H,25,28)(H,26,27). The number of carbonyl (C=O) groups is 3. The van der Waals surface area contributed by atoms with Gasteiger partial charge in [-0.3, -0.25) is 9.59 Å². The molecule has 2 amide bonds. The Morgan fingerprint density at radius 3 is 2.34 bits per heavy atom. The molecule has 8 heteroatoms. The van der Waals surface area contributed by atoms with Gasteiger partial charge in [-0.1, -0.05) is 12.1 Å². The number of carbonyl (C=O) groups excluding carboxylic acids is 3. The van der Waals surface area contributed by atoms with E-state index in [4.69, 9.17) is 14.2 Å². The van der Waals surface area contributed by atoms with Crippen LogP contribution in [-0.2, 0) is 20.8 Å². The van der Waals surface area contributed by atoms with E-state index in [0.29, 0.717) is 30.2 Å². The number of hydrogen-bond donors (Lipinski definition) is 2. The molecule has 2 N–H and O–H groups in total. The van der Waals surface area contributed by atoms with Crippen molar-refractivity contribution in [1.29, 1.82) is 0 Å². The highest BCUT2D eigenvalue weighted by Gasteiger charge is 2.17. The Balaban J connectivity index is 1.43. The average molecular weight is 440 g/mol. The minimum atomic E-state index is -0.784. The van der Waals surface area contributed by atoms with E-state index in [2.05, 4.69) is 10.6 Å². The van der Waals surface area contributed by atoms with Crippen LogP contribution in [0.1, 0.15) is 42.1 Å². The molecule has 1 fully saturated rings. The molecule has 0 unspecified atom stereocenters. The second kappa shape index (κ2) is 11.9. The van der Waals surface area contributed by atoms with Gasteiger partial charge in [0.15, 0.2) is 0 Å². The molecule has 1 saturated heterocycles. The van der Waals surface area contributed by atoms with Crippen LogP contribution in [0.15, 0.2) is 48.5 Å². The lowest BCUT2D eigenvalue weighted by atomic mass is 9.96. The number of ether oxygens (including phenoxy) is 3. The maximum Gasteiger partial charge on any atom is 0.513 e. The summed E-state index contributed by atoms with van der Waals surface area (Å²) < 4.78 is 15.0. The molecule has 0 bridgehead atoms. The van der Waals surface area contributed by atoms with Crippen molar-refractivity contribution in [2.75, 3.05) is 25.1 Å². The fourth-order valence-electron chi connectivity index (χ4n) is 3.33. The highest BCUT2D eigenvalue weighted by molar-refractivity contribution is 5.94. The van der Waals surface area contributed by atoms with Crippen molar-refractivity contribution in [3.05, 3.63) is 59.7 Å². The van der Waals surface area contributed by atoms with Crippen molar-refractivity contribution in [3.63, 3.8) is 0 Å². The Bertz CT molecular complexity index is 905. The van der Waals surface area contributed by atoms with Gasteiger partial charge in [-0.25, -0.2) is 4.79 Å². The second-order valence-electron chi connectivity index (χ2n) is 7.50. The molecule has 1 heterocycles. The van der Waals surface area contributed by atoms with Crippen molar-refractivity contribution >= 4 is 23.7 Å². The number of benzene rings is 2. The van der Waals surface area contributed by atoms with Crippen LogP contribution in [0.3, 0.4) is 0 Å². The largest absolute Gasteiger partial charge is 0.513 e. The summed E-state index contributed by atoms with van der Waals surface area (Å²) in [6, 6.07) is 13.6. The fraction of sp³-hybridized carbons (Fsp3) is 0.375. The molecule has 2 aromatic carbocycles. The van der Waals surface area contributed by atoms with Crippen LogP contribution in [0.2, 0.25) is 0 Å². The predicted octanol–water partition coefficient (Wildman–Crippen LogP) is 3.91. The molecule has 32 heavy (non-hydrogen) atoms. The third kappa shape index (κ3) is 7.39. The Labute approximate surface area is 187 Å². The van der Waals surface area contributed by atoms with E-state index in [-0.39, 0.29) is 18.4 Å². The van der Waals surface area contributed by atoms with E-state index < -0.39 is 6.16 Å². The summed E-state index contributed by atoms with van der Waals surface area (Å²) in [7, 11) is 0. The monoisotopic (exact) mass is 440 g/mol. The van der Waals surface area contributed by atoms with Crippen molar-refractivity contribution in [2.24, 2.45) is 5.92 Å². The molecule has 1 aliphatic rings. The third-order valence-corrected chi connectivity index (χ3v) is 5.09. The summed E-state index contributed by atoms with van der Waals surface area (Å²) in [6.07, 6.45) is 1.57. The lowest BCUT2D eigenvalue weighted by molar-refractivity contribution is -0.117. The zero-order valence-corrected chi connectivity index (χ0v) is 18.1. The van der Waals surface area contributed by atoms with Gasteiger partial charge in [-0.2, -0.15) is 0 Å². The van der Waals surface area contributed by atoms with E-state index in [0.717, 1.165) is 37.3 Å². The smallest absolute Gasteiger partial charge is 0.434 e. The predicted molar refractivity (Wildman–Crippen MR) is 118 cm³/mol. The summed E-state index contributed by atoms with van der Waals surface area (Å²) in [4.78, 5) is 35.9. The molecular formula is C24H28N2O6. The van der Waals surface area contributed by atoms with Crippen LogP contribution in [0.5, 0.6) is 5.75 Å². The molecule has 1 aliphatic heterocycles. The number of rotatable bonds is 8. The van der Waals surface area contributed by atoms with Crippen molar-refractivity contribution in [1.82, 2.24) is 5.32 Å². The zero-order valence-electron chi connectivity index (χ0n) is 18.1. The molecule has 0 saturated carbocycles. The molecule has 0 aromatic heterocycles. The van der Waals surface area contributed by atoms with Gasteiger partial charge in [0.1, 0.15) is 5.75 Å². The quantitative estimate of drug-likeness (QED) is 0.477. The number of anilines is 1. The molecule has 0 atom stereocenters. The van der Waals surface area contributed by atoms with Crippen LogP contribution in [0, 0.1) is 5.92 Å². The summed E-state index contributed by atoms with van der Waals surface area (Å²) >= 11 is 0. The van der Waals surface area contributed by atoms with Gasteiger partial charge in [0.2, 0.25) is 5.91 Å². The Kier molecular flexibility index (Phi) is 8.62. The molecule has 2 aromatic rings. The lowest BCUT2D eigenvalue weighted by Crippen LogP contribution is -2.23. The van der Waals surface area contributed by atoms with Gasteiger partial charge in [-0.15, -0.1) is 0 Å². The van der Waals surface area contributed by atoms with Crippen LogP contribution in [0.4, 0.5) is 10.5 Å². The Morgan fingerprint density at radius 2 is 1.69 bits per heavy atom. The van der Waals surface area contributed by atoms with Gasteiger partial charge in [0.25, 0.3) is 5.91 Å². The first-order valence-corrected chi connectivity index (χ1v) is 10.7. The van der Waals surface area contributed by atoms with Crippen LogP contribution < -0.4 is 15.4 Å². The van der Waals surface area contributed by atoms with E-state index in [1.54, 1.807) is 19.1 Å². The first-order valence-electron chi connectivity index (χ1n) is 10.7. The Morgan fingerprint density at radius 1 is 1.00 bits per heavy atom. The summed E-state index contributed by atoms with van der Waals surface area (Å²) in [5.41, 5.74) is 2.08. The zero-order chi connectivity index (χ0) is 22.8. The average Bonchev–Trinajstić information content (AvgIpc) is 2.79. The summed E-state index contributed by atoms with van der Waals surface area (Å²) in [5, 5.41) is 5.76. The van der Waals surface area contributed by atoms with E-state index >= 15 is 0 Å². The van der Waals surface area contributed by atoms with Gasteiger partial charge in [0.05, 0.1) is 6.61 Å². The maximum absolute atomic E-state index is 12.3. The SMILES string of the molecule is CCOC(=O)Oc1ccc(C(=O)NCc2ccc(NC(=O)CC3CCOCC3)cc2)cc1. The molecule has 0 radical (unpaired) electrons. The minimum absolute atomic E-state index is 0.00772. The van der Waals surface area contributed by atoms with Crippen molar-refractivity contribution in [3.8, 4) is 5.75 Å². The third-order valence-electron chi connectivity index (χ3n) is 5.09. The second-order valence-corrected chi connectivity index (χ2v) is 7.50. The highest BCUT2D eigenvalue weighted by Crippen LogP contribution is 2.19. The van der Waals surface area contributed by atoms with E-state index in [1.165, 1.54) is 12.1 Å². The van der Waals surface area contributed by atoms with Crippen molar-refractivity contribution < 1.29 is 28.6 Å². The molecule has 3 rings (SSSR count). The summed E-state index contributed by atoms with van der Waals surface area (Å²) in [6.45, 7) is 3.71. The minimum Gasteiger partial charge on any atom is -0.434 e. The van der Waals surface area contributed by atoms with Gasteiger partial charge in [0, 0.05) is 37.4 Å². The topological polar surface area (TPSA) is 103 Å². The molecule has 0 spiro atoms. The number of nitrogens with one attached hydrogen (secondary N) is 2. The van der Waals surface area contributed by atoms with Crippen molar-refractivity contribution in [2.45, 2.75) is 32.7 Å².